The highest BCUT2D eigenvalue weighted by Crippen LogP contribution is 2.21. The zero-order chi connectivity index (χ0) is 14.0. The average molecular weight is 246 g/mol. The number of hydrogen-bond acceptors (Lipinski definition) is 1. The summed E-state index contributed by atoms with van der Waals surface area (Å²) in [5.41, 5.74) is 2.93. The van der Waals surface area contributed by atoms with Crippen molar-refractivity contribution in [3.63, 3.8) is 0 Å². The Morgan fingerprint density at radius 2 is 1.50 bits per heavy atom. The van der Waals surface area contributed by atoms with E-state index in [9.17, 15) is 0 Å². The summed E-state index contributed by atoms with van der Waals surface area (Å²) in [5.74, 6) is 0. The van der Waals surface area contributed by atoms with Gasteiger partial charge in [-0.3, -0.25) is 0 Å². The summed E-state index contributed by atoms with van der Waals surface area (Å²) in [6.45, 7) is 15.3. The highest BCUT2D eigenvalue weighted by Gasteiger charge is 2.16. The molecule has 2 heterocycles. The predicted molar refractivity (Wildman–Crippen MR) is 79.0 cm³/mol. The second-order valence-electron chi connectivity index (χ2n) is 7.35. The van der Waals surface area contributed by atoms with Crippen LogP contribution in [0.15, 0.2) is 30.5 Å². The van der Waals surface area contributed by atoms with Crippen LogP contribution in [-0.2, 0) is 5.41 Å². The molecule has 2 nitrogen and oxygen atoms in total. The fraction of sp³-hybridized carbons (Fsp3) is 0.562. The van der Waals surface area contributed by atoms with Gasteiger partial charge in [-0.15, -0.1) is 0 Å². The lowest BCUT2D eigenvalue weighted by Crippen LogP contribution is -2.11. The van der Waals surface area contributed by atoms with Gasteiger partial charge in [0.15, 0.2) is 0 Å². The maximum absolute atomic E-state index is 4.50. The minimum Gasteiger partial charge on any atom is -0.241 e. The van der Waals surface area contributed by atoms with Crippen molar-refractivity contribution in [2.24, 2.45) is 5.41 Å². The molecule has 0 aromatic carbocycles. The third kappa shape index (κ3) is 4.91. The van der Waals surface area contributed by atoms with E-state index in [1.165, 1.54) is 0 Å². The number of nitrogens with zero attached hydrogens (tertiary/aromatic N) is 2. The Morgan fingerprint density at radius 3 is 1.94 bits per heavy atom. The van der Waals surface area contributed by atoms with E-state index in [0.717, 1.165) is 11.2 Å². The Balaban J connectivity index is 0.000000280. The Hall–Kier alpha value is -1.31. The number of hydrogen-bond donors (Lipinski definition) is 0. The maximum atomic E-state index is 4.50. The third-order valence-corrected chi connectivity index (χ3v) is 2.14. The van der Waals surface area contributed by atoms with E-state index in [4.69, 9.17) is 0 Å². The molecule has 0 spiro atoms. The predicted octanol–water partition coefficient (Wildman–Crippen LogP) is 4.68. The molecule has 18 heavy (non-hydrogen) atoms. The molecule has 0 amide bonds. The third-order valence-electron chi connectivity index (χ3n) is 2.14. The van der Waals surface area contributed by atoms with E-state index in [1.807, 2.05) is 22.8 Å². The van der Waals surface area contributed by atoms with E-state index in [-0.39, 0.29) is 5.41 Å². The summed E-state index contributed by atoms with van der Waals surface area (Å²) in [7, 11) is 0. The highest BCUT2D eigenvalue weighted by molar-refractivity contribution is 5.48. The van der Waals surface area contributed by atoms with Crippen LogP contribution in [0.4, 0.5) is 0 Å². The van der Waals surface area contributed by atoms with Crippen LogP contribution in [0, 0.1) is 5.41 Å². The molecule has 0 aliphatic carbocycles. The maximum Gasteiger partial charge on any atom is 0.0688 e. The van der Waals surface area contributed by atoms with Gasteiger partial charge in [0, 0.05) is 11.6 Å². The number of fused-ring (bicyclic) bond motifs is 1. The number of rotatable bonds is 0. The lowest BCUT2D eigenvalue weighted by molar-refractivity contribution is 0.469. The Kier molecular flexibility index (Phi) is 4.20. The molecular formula is C16H26N2. The average Bonchev–Trinajstić information content (AvgIpc) is 2.57. The molecule has 2 heteroatoms. The van der Waals surface area contributed by atoms with Crippen molar-refractivity contribution in [2.75, 3.05) is 0 Å². The van der Waals surface area contributed by atoms with Crippen molar-refractivity contribution in [2.45, 2.75) is 53.9 Å². The van der Waals surface area contributed by atoms with Gasteiger partial charge < -0.3 is 0 Å². The van der Waals surface area contributed by atoms with E-state index in [2.05, 4.69) is 65.7 Å². The normalized spacial score (nSPS) is 12.2. The summed E-state index contributed by atoms with van der Waals surface area (Å²) in [6, 6.07) is 8.23. The molecule has 0 unspecified atom stereocenters. The molecule has 0 radical (unpaired) electrons. The minimum absolute atomic E-state index is 0.131. The molecule has 0 aliphatic heterocycles. The lowest BCUT2D eigenvalue weighted by atomic mass is 9.92. The van der Waals surface area contributed by atoms with Crippen LogP contribution in [-0.4, -0.2) is 9.61 Å². The Labute approximate surface area is 111 Å². The van der Waals surface area contributed by atoms with Gasteiger partial charge in [0.25, 0.3) is 0 Å². The first-order valence-corrected chi connectivity index (χ1v) is 6.52. The summed E-state index contributed by atoms with van der Waals surface area (Å²) >= 11 is 0. The van der Waals surface area contributed by atoms with E-state index in [0.29, 0.717) is 5.41 Å². The molecule has 2 rings (SSSR count). The minimum atomic E-state index is 0.131. The van der Waals surface area contributed by atoms with Crippen molar-refractivity contribution >= 4 is 5.52 Å². The van der Waals surface area contributed by atoms with Gasteiger partial charge in [-0.05, 0) is 23.6 Å². The fourth-order valence-electron chi connectivity index (χ4n) is 1.30. The topological polar surface area (TPSA) is 17.3 Å². The second kappa shape index (κ2) is 5.13. The highest BCUT2D eigenvalue weighted by atomic mass is 15.2. The van der Waals surface area contributed by atoms with Gasteiger partial charge in [-0.25, -0.2) is 4.52 Å². The zero-order valence-corrected chi connectivity index (χ0v) is 12.8. The number of aromatic nitrogens is 2. The van der Waals surface area contributed by atoms with Crippen LogP contribution in [0.2, 0.25) is 0 Å². The van der Waals surface area contributed by atoms with Gasteiger partial charge >= 0.3 is 0 Å². The molecule has 0 N–H and O–H groups in total. The van der Waals surface area contributed by atoms with Crippen LogP contribution in [0.5, 0.6) is 0 Å². The molecule has 0 bridgehead atoms. The Bertz CT molecular complexity index is 457. The zero-order valence-electron chi connectivity index (χ0n) is 12.8. The van der Waals surface area contributed by atoms with Gasteiger partial charge in [0.1, 0.15) is 0 Å². The number of pyridine rings is 1. The summed E-state index contributed by atoms with van der Waals surface area (Å²) in [4.78, 5) is 0. The first kappa shape index (κ1) is 14.7. The summed E-state index contributed by atoms with van der Waals surface area (Å²) in [6.07, 6.45) is 1.98. The largest absolute Gasteiger partial charge is 0.241 e. The van der Waals surface area contributed by atoms with Crippen LogP contribution < -0.4 is 0 Å². The second-order valence-corrected chi connectivity index (χ2v) is 7.35. The van der Waals surface area contributed by atoms with Gasteiger partial charge in [0.05, 0.1) is 11.2 Å². The monoisotopic (exact) mass is 246 g/mol. The lowest BCUT2D eigenvalue weighted by Gasteiger charge is -2.13. The molecule has 0 fully saturated rings. The van der Waals surface area contributed by atoms with Crippen molar-refractivity contribution in [1.29, 1.82) is 0 Å². The van der Waals surface area contributed by atoms with E-state index >= 15 is 0 Å². The molecular weight excluding hydrogens is 220 g/mol. The smallest absolute Gasteiger partial charge is 0.0688 e. The molecule has 100 valence electrons. The molecule has 2 aromatic heterocycles. The molecule has 0 aliphatic rings. The first-order valence-electron chi connectivity index (χ1n) is 6.52. The van der Waals surface area contributed by atoms with Crippen molar-refractivity contribution in [3.8, 4) is 0 Å². The molecule has 0 saturated carbocycles. The fourth-order valence-corrected chi connectivity index (χ4v) is 1.30. The van der Waals surface area contributed by atoms with Crippen molar-refractivity contribution in [1.82, 2.24) is 9.61 Å². The quantitative estimate of drug-likeness (QED) is 0.659. The van der Waals surface area contributed by atoms with E-state index in [1.54, 1.807) is 0 Å². The van der Waals surface area contributed by atoms with Gasteiger partial charge in [-0.1, -0.05) is 54.5 Å². The standard InChI is InChI=1S/C11H14N2.C5H12/c1-11(2,3)10-8-9-6-4-5-7-13(9)12-10;1-5(2,3)4/h4-8H,1-3H3;1-4H3. The Morgan fingerprint density at radius 1 is 0.944 bits per heavy atom. The molecule has 0 atom stereocenters. The SMILES string of the molecule is CC(C)(C)C.CC(C)(C)c1cc2ccccn2n1. The molecule has 2 aromatic rings. The van der Waals surface area contributed by atoms with E-state index < -0.39 is 0 Å². The van der Waals surface area contributed by atoms with Crippen LogP contribution >= 0.6 is 0 Å². The van der Waals surface area contributed by atoms with Crippen LogP contribution in [0.25, 0.3) is 5.52 Å². The van der Waals surface area contributed by atoms with Gasteiger partial charge in [0.2, 0.25) is 0 Å². The van der Waals surface area contributed by atoms with Crippen LogP contribution in [0.1, 0.15) is 54.2 Å². The summed E-state index contributed by atoms with van der Waals surface area (Å²) < 4.78 is 1.92. The van der Waals surface area contributed by atoms with Gasteiger partial charge in [-0.2, -0.15) is 5.10 Å². The van der Waals surface area contributed by atoms with Crippen molar-refractivity contribution in [3.05, 3.63) is 36.2 Å². The van der Waals surface area contributed by atoms with Crippen molar-refractivity contribution < 1.29 is 0 Å². The first-order chi connectivity index (χ1) is 8.07. The van der Waals surface area contributed by atoms with Crippen LogP contribution in [0.3, 0.4) is 0 Å². The summed E-state index contributed by atoms with van der Waals surface area (Å²) in [5, 5.41) is 4.50. The molecule has 0 saturated heterocycles.